The number of non-ortho nitro benzene ring substituents is 1. The number of carboxylic acids is 1. The molecule has 0 radical (unpaired) electrons. The van der Waals surface area contributed by atoms with Crippen LogP contribution in [-0.4, -0.2) is 40.5 Å². The van der Waals surface area contributed by atoms with Crippen LogP contribution in [0.2, 0.25) is 0 Å². The number of carbonyl (C=O) groups is 3. The van der Waals surface area contributed by atoms with Gasteiger partial charge in [-0.1, -0.05) is 31.4 Å². The Hall–Kier alpha value is -2.97. The predicted molar refractivity (Wildman–Crippen MR) is 103 cm³/mol. The average molecular weight is 406 g/mol. The second kappa shape index (κ2) is 10.5. The number of nitrogens with zero attached hydrogens (tertiary/aromatic N) is 1. The van der Waals surface area contributed by atoms with Crippen LogP contribution < -0.4 is 5.32 Å². The van der Waals surface area contributed by atoms with Gasteiger partial charge in [-0.15, -0.1) is 0 Å². The number of nitro benzene ring substituents is 1. The zero-order valence-electron chi connectivity index (χ0n) is 16.3. The predicted octanol–water partition coefficient (Wildman–Crippen LogP) is 2.78. The number of carboxylic acid groups (broad SMARTS) is 1. The molecule has 0 bridgehead atoms. The van der Waals surface area contributed by atoms with E-state index < -0.39 is 28.8 Å². The molecule has 0 saturated heterocycles. The van der Waals surface area contributed by atoms with Crippen molar-refractivity contribution in [1.29, 1.82) is 0 Å². The van der Waals surface area contributed by atoms with Gasteiger partial charge in [0.25, 0.3) is 5.69 Å². The molecule has 1 fully saturated rings. The van der Waals surface area contributed by atoms with Crippen LogP contribution in [0, 0.1) is 16.0 Å². The highest BCUT2D eigenvalue weighted by atomic mass is 16.6. The first-order valence-electron chi connectivity index (χ1n) is 9.76. The van der Waals surface area contributed by atoms with Crippen LogP contribution in [0.3, 0.4) is 0 Å². The van der Waals surface area contributed by atoms with Gasteiger partial charge in [0.05, 0.1) is 18.0 Å². The van der Waals surface area contributed by atoms with Crippen molar-refractivity contribution in [3.63, 3.8) is 0 Å². The van der Waals surface area contributed by atoms with Crippen LogP contribution in [0.5, 0.6) is 0 Å². The number of nitro groups is 1. The maximum absolute atomic E-state index is 12.6. The molecular formula is C20H26N2O7. The molecule has 1 aliphatic carbocycles. The smallest absolute Gasteiger partial charge is 0.326 e. The molecule has 1 saturated carbocycles. The highest BCUT2D eigenvalue weighted by molar-refractivity contribution is 5.86. The van der Waals surface area contributed by atoms with E-state index in [1.54, 1.807) is 6.92 Å². The summed E-state index contributed by atoms with van der Waals surface area (Å²) in [6.45, 7) is 1.77. The standard InChI is InChI=1S/C20H26N2O7/c1-2-29-17(23)12-16(13-8-10-15(11-9-13)22(27)28)18(20(25)26)21-19(24)14-6-4-3-5-7-14/h8-11,14,16,18H,2-7,12H2,1H3,(H,21,24)(H,25,26)/t16-,18+/m0/s1. The molecule has 0 heterocycles. The summed E-state index contributed by atoms with van der Waals surface area (Å²) >= 11 is 0. The van der Waals surface area contributed by atoms with Gasteiger partial charge in [-0.2, -0.15) is 0 Å². The highest BCUT2D eigenvalue weighted by Gasteiger charge is 2.35. The Morgan fingerprint density at radius 2 is 1.83 bits per heavy atom. The number of esters is 1. The molecule has 0 spiro atoms. The van der Waals surface area contributed by atoms with Crippen molar-refractivity contribution >= 4 is 23.5 Å². The zero-order valence-corrected chi connectivity index (χ0v) is 16.3. The van der Waals surface area contributed by atoms with Crippen molar-refractivity contribution in [1.82, 2.24) is 5.32 Å². The highest BCUT2D eigenvalue weighted by Crippen LogP contribution is 2.29. The third-order valence-electron chi connectivity index (χ3n) is 5.17. The van der Waals surface area contributed by atoms with Gasteiger partial charge in [0.2, 0.25) is 5.91 Å². The van der Waals surface area contributed by atoms with Gasteiger partial charge in [-0.3, -0.25) is 19.7 Å². The molecule has 1 aliphatic rings. The summed E-state index contributed by atoms with van der Waals surface area (Å²) in [6.07, 6.45) is 4.04. The van der Waals surface area contributed by atoms with E-state index in [-0.39, 0.29) is 30.5 Å². The van der Waals surface area contributed by atoms with Crippen molar-refractivity contribution in [3.8, 4) is 0 Å². The Kier molecular flexibility index (Phi) is 8.11. The average Bonchev–Trinajstić information content (AvgIpc) is 2.71. The number of ether oxygens (including phenoxy) is 1. The molecule has 0 aromatic heterocycles. The number of benzene rings is 1. The Balaban J connectivity index is 2.28. The van der Waals surface area contributed by atoms with Crippen molar-refractivity contribution in [2.45, 2.75) is 57.4 Å². The van der Waals surface area contributed by atoms with Crippen LogP contribution in [0.25, 0.3) is 0 Å². The summed E-state index contributed by atoms with van der Waals surface area (Å²) in [5.41, 5.74) is 0.252. The van der Waals surface area contributed by atoms with Crippen LogP contribution in [0.1, 0.15) is 56.9 Å². The molecule has 29 heavy (non-hydrogen) atoms. The molecule has 1 aromatic rings. The number of carbonyl (C=O) groups excluding carboxylic acids is 2. The van der Waals surface area contributed by atoms with Crippen molar-refractivity contribution < 1.29 is 29.2 Å². The first-order valence-corrected chi connectivity index (χ1v) is 9.76. The van der Waals surface area contributed by atoms with E-state index in [0.29, 0.717) is 18.4 Å². The summed E-state index contributed by atoms with van der Waals surface area (Å²) in [5.74, 6) is -3.38. The fourth-order valence-electron chi connectivity index (χ4n) is 3.64. The van der Waals surface area contributed by atoms with E-state index in [2.05, 4.69) is 5.32 Å². The van der Waals surface area contributed by atoms with Crippen LogP contribution in [0.15, 0.2) is 24.3 Å². The number of rotatable bonds is 9. The van der Waals surface area contributed by atoms with Gasteiger partial charge in [-0.25, -0.2) is 4.79 Å². The molecule has 1 aromatic carbocycles. The van der Waals surface area contributed by atoms with Crippen LogP contribution in [0.4, 0.5) is 5.69 Å². The molecule has 9 nitrogen and oxygen atoms in total. The maximum Gasteiger partial charge on any atom is 0.326 e. The molecule has 2 atom stereocenters. The fourth-order valence-corrected chi connectivity index (χ4v) is 3.64. The molecule has 2 N–H and O–H groups in total. The summed E-state index contributed by atoms with van der Waals surface area (Å²) in [6, 6.07) is 3.95. The largest absolute Gasteiger partial charge is 0.480 e. The minimum absolute atomic E-state index is 0.137. The second-order valence-electron chi connectivity index (χ2n) is 7.12. The maximum atomic E-state index is 12.6. The van der Waals surface area contributed by atoms with Gasteiger partial charge in [0.15, 0.2) is 0 Å². The number of nitrogens with one attached hydrogen (secondary N) is 1. The lowest BCUT2D eigenvalue weighted by molar-refractivity contribution is -0.384. The minimum atomic E-state index is -1.35. The van der Waals surface area contributed by atoms with Crippen LogP contribution in [-0.2, 0) is 19.1 Å². The van der Waals surface area contributed by atoms with Gasteiger partial charge < -0.3 is 15.2 Å². The SMILES string of the molecule is CCOC(=O)C[C@@H](c1ccc([N+](=O)[O-])cc1)[C@@H](NC(=O)C1CCCCC1)C(=O)O. The summed E-state index contributed by atoms with van der Waals surface area (Å²) in [7, 11) is 0. The molecule has 2 rings (SSSR count). The van der Waals surface area contributed by atoms with E-state index in [9.17, 15) is 29.6 Å². The third kappa shape index (κ3) is 6.27. The molecule has 0 unspecified atom stereocenters. The number of hydrogen-bond acceptors (Lipinski definition) is 6. The molecule has 1 amide bonds. The van der Waals surface area contributed by atoms with Gasteiger partial charge in [0, 0.05) is 24.0 Å². The fraction of sp³-hybridized carbons (Fsp3) is 0.550. The van der Waals surface area contributed by atoms with E-state index in [4.69, 9.17) is 4.74 Å². The molecule has 0 aliphatic heterocycles. The topological polar surface area (TPSA) is 136 Å². The lowest BCUT2D eigenvalue weighted by atomic mass is 9.85. The summed E-state index contributed by atoms with van der Waals surface area (Å²) in [5, 5.41) is 23.2. The number of amides is 1. The normalized spacial score (nSPS) is 16.4. The van der Waals surface area contributed by atoms with Crippen LogP contribution >= 0.6 is 0 Å². The summed E-state index contributed by atoms with van der Waals surface area (Å²) < 4.78 is 4.95. The lowest BCUT2D eigenvalue weighted by Gasteiger charge is -2.28. The summed E-state index contributed by atoms with van der Waals surface area (Å²) in [4.78, 5) is 47.0. The molecule has 9 heteroatoms. The van der Waals surface area contributed by atoms with E-state index >= 15 is 0 Å². The number of hydrogen-bond donors (Lipinski definition) is 2. The van der Waals surface area contributed by atoms with Gasteiger partial charge >= 0.3 is 11.9 Å². The van der Waals surface area contributed by atoms with Gasteiger partial charge in [0.1, 0.15) is 6.04 Å². The van der Waals surface area contributed by atoms with Crippen molar-refractivity contribution in [2.24, 2.45) is 5.92 Å². The Morgan fingerprint density at radius 3 is 2.34 bits per heavy atom. The van der Waals surface area contributed by atoms with E-state index in [0.717, 1.165) is 19.3 Å². The molecular weight excluding hydrogens is 380 g/mol. The van der Waals surface area contributed by atoms with Gasteiger partial charge in [-0.05, 0) is 25.3 Å². The second-order valence-corrected chi connectivity index (χ2v) is 7.12. The number of aliphatic carboxylic acids is 1. The first-order chi connectivity index (χ1) is 13.8. The zero-order chi connectivity index (χ0) is 21.4. The quantitative estimate of drug-likeness (QED) is 0.365. The van der Waals surface area contributed by atoms with E-state index in [1.165, 1.54) is 24.3 Å². The first kappa shape index (κ1) is 22.3. The Morgan fingerprint density at radius 1 is 1.21 bits per heavy atom. The Labute approximate surface area is 168 Å². The molecule has 158 valence electrons. The lowest BCUT2D eigenvalue weighted by Crippen LogP contribution is -2.48. The van der Waals surface area contributed by atoms with E-state index in [1.807, 2.05) is 0 Å². The minimum Gasteiger partial charge on any atom is -0.480 e. The van der Waals surface area contributed by atoms with Crippen molar-refractivity contribution in [2.75, 3.05) is 6.61 Å². The Bertz CT molecular complexity index is 742. The third-order valence-corrected chi connectivity index (χ3v) is 5.17. The van der Waals surface area contributed by atoms with Crippen molar-refractivity contribution in [3.05, 3.63) is 39.9 Å². The monoisotopic (exact) mass is 406 g/mol.